The number of benzene rings is 1. The third-order valence-electron chi connectivity index (χ3n) is 4.13. The molecule has 1 fully saturated rings. The van der Waals surface area contributed by atoms with Crippen LogP contribution in [0.15, 0.2) is 23.2 Å². The van der Waals surface area contributed by atoms with Crippen LogP contribution in [0.1, 0.15) is 11.1 Å². The van der Waals surface area contributed by atoms with Gasteiger partial charge in [0.05, 0.1) is 12.9 Å². The number of sulfonamides is 1. The maximum absolute atomic E-state index is 12.4. The molecule has 10 heteroatoms. The molecule has 1 saturated heterocycles. The summed E-state index contributed by atoms with van der Waals surface area (Å²) in [6.07, 6.45) is 0. The molecule has 0 unspecified atom stereocenters. The Balaban J connectivity index is 0.00000364. The Morgan fingerprint density at radius 2 is 2.00 bits per heavy atom. The lowest BCUT2D eigenvalue weighted by Gasteiger charge is -2.25. The monoisotopic (exact) mass is 528 g/mol. The lowest BCUT2D eigenvalue weighted by atomic mass is 10.1. The van der Waals surface area contributed by atoms with E-state index in [1.165, 1.54) is 0 Å². The van der Waals surface area contributed by atoms with Gasteiger partial charge in [-0.1, -0.05) is 12.1 Å². The molecule has 0 atom stereocenters. The number of hydrogen-bond donors (Lipinski definition) is 2. The van der Waals surface area contributed by atoms with Crippen LogP contribution in [-0.2, 0) is 16.6 Å². The van der Waals surface area contributed by atoms with Gasteiger partial charge in [0.15, 0.2) is 5.96 Å². The van der Waals surface area contributed by atoms with Gasteiger partial charge in [0.2, 0.25) is 10.0 Å². The Morgan fingerprint density at radius 3 is 2.63 bits per heavy atom. The second-order valence-corrected chi connectivity index (χ2v) is 9.31. The quantitative estimate of drug-likeness (QED) is 0.319. The highest BCUT2D eigenvalue weighted by molar-refractivity contribution is 14.0. The molecule has 0 spiro atoms. The molecule has 0 aliphatic carbocycles. The van der Waals surface area contributed by atoms with Gasteiger partial charge in [0.1, 0.15) is 5.75 Å². The third kappa shape index (κ3) is 7.66. The summed E-state index contributed by atoms with van der Waals surface area (Å²) in [5.41, 5.74) is 2.15. The molecule has 7 nitrogen and oxygen atoms in total. The summed E-state index contributed by atoms with van der Waals surface area (Å²) in [7, 11) is 0.0978. The van der Waals surface area contributed by atoms with Crippen LogP contribution < -0.4 is 15.4 Å². The number of thioether (sulfide) groups is 1. The Hall–Kier alpha value is -0.720. The summed E-state index contributed by atoms with van der Waals surface area (Å²) in [6.45, 7) is 4.08. The van der Waals surface area contributed by atoms with E-state index >= 15 is 0 Å². The lowest BCUT2D eigenvalue weighted by Crippen LogP contribution is -2.44. The summed E-state index contributed by atoms with van der Waals surface area (Å²) >= 11 is 1.79. The number of halogens is 1. The predicted octanol–water partition coefficient (Wildman–Crippen LogP) is 1.67. The van der Waals surface area contributed by atoms with E-state index in [0.717, 1.165) is 28.4 Å². The molecular formula is C17H29IN4O3S2. The van der Waals surface area contributed by atoms with E-state index in [1.54, 1.807) is 30.2 Å². The first kappa shape index (κ1) is 24.3. The lowest BCUT2D eigenvalue weighted by molar-refractivity contribution is 0.408. The number of ether oxygens (including phenoxy) is 1. The van der Waals surface area contributed by atoms with Crippen molar-refractivity contribution in [3.63, 3.8) is 0 Å². The predicted molar refractivity (Wildman–Crippen MR) is 124 cm³/mol. The van der Waals surface area contributed by atoms with Crippen molar-refractivity contribution < 1.29 is 13.2 Å². The smallest absolute Gasteiger partial charge is 0.215 e. The van der Waals surface area contributed by atoms with Gasteiger partial charge in [-0.2, -0.15) is 11.8 Å². The molecule has 0 radical (unpaired) electrons. The van der Waals surface area contributed by atoms with Gasteiger partial charge in [-0.25, -0.2) is 12.7 Å². The highest BCUT2D eigenvalue weighted by atomic mass is 127. The first-order chi connectivity index (χ1) is 12.5. The van der Waals surface area contributed by atoms with Gasteiger partial charge in [0.25, 0.3) is 0 Å². The molecule has 1 aromatic rings. The molecule has 1 heterocycles. The maximum atomic E-state index is 12.4. The average Bonchev–Trinajstić information content (AvgIpc) is 2.65. The minimum absolute atomic E-state index is 0. The number of guanidine groups is 1. The van der Waals surface area contributed by atoms with Gasteiger partial charge in [-0.15, -0.1) is 24.0 Å². The fourth-order valence-electron chi connectivity index (χ4n) is 2.65. The zero-order chi connectivity index (χ0) is 19.0. The van der Waals surface area contributed by atoms with E-state index in [9.17, 15) is 8.42 Å². The molecule has 0 bridgehead atoms. The van der Waals surface area contributed by atoms with Gasteiger partial charge >= 0.3 is 0 Å². The van der Waals surface area contributed by atoms with Gasteiger partial charge in [-0.3, -0.25) is 4.99 Å². The molecule has 1 aliphatic heterocycles. The molecule has 1 aromatic carbocycles. The highest BCUT2D eigenvalue weighted by Crippen LogP contribution is 2.19. The van der Waals surface area contributed by atoms with Crippen LogP contribution in [0.25, 0.3) is 0 Å². The van der Waals surface area contributed by atoms with Crippen LogP contribution in [0.3, 0.4) is 0 Å². The van der Waals surface area contributed by atoms with Crippen molar-refractivity contribution in [2.75, 3.05) is 51.1 Å². The first-order valence-electron chi connectivity index (χ1n) is 8.60. The maximum Gasteiger partial charge on any atom is 0.215 e. The van der Waals surface area contributed by atoms with E-state index in [4.69, 9.17) is 4.74 Å². The van der Waals surface area contributed by atoms with Crippen LogP contribution in [0.2, 0.25) is 0 Å². The number of rotatable bonds is 7. The normalized spacial score (nSPS) is 15.7. The standard InChI is InChI=1S/C17H28N4O3S2.HI/c1-14-4-5-15(16(12-14)24-3)13-20-17(18-2)19-6-11-26(22,23)21-7-9-25-10-8-21;/h4-5,12H,6-11,13H2,1-3H3,(H2,18,19,20);1H. The molecular weight excluding hydrogens is 499 g/mol. The van der Waals surface area contributed by atoms with E-state index in [0.29, 0.717) is 32.1 Å². The molecule has 2 rings (SSSR count). The Bertz CT molecular complexity index is 723. The fourth-order valence-corrected chi connectivity index (χ4v) is 5.14. The van der Waals surface area contributed by atoms with Gasteiger partial charge < -0.3 is 15.4 Å². The van der Waals surface area contributed by atoms with E-state index < -0.39 is 10.0 Å². The van der Waals surface area contributed by atoms with Crippen molar-refractivity contribution in [3.8, 4) is 5.75 Å². The fraction of sp³-hybridized carbons (Fsp3) is 0.588. The number of aliphatic imine (C=N–C) groups is 1. The molecule has 0 aromatic heterocycles. The number of nitrogens with zero attached hydrogens (tertiary/aromatic N) is 2. The summed E-state index contributed by atoms with van der Waals surface area (Å²) in [4.78, 5) is 4.15. The SMILES string of the molecule is CN=C(NCCS(=O)(=O)N1CCSCC1)NCc1ccc(C)cc1OC.I. The minimum Gasteiger partial charge on any atom is -0.496 e. The van der Waals surface area contributed by atoms with Gasteiger partial charge in [0, 0.05) is 50.3 Å². The van der Waals surface area contributed by atoms with Crippen molar-refractivity contribution in [1.82, 2.24) is 14.9 Å². The van der Waals surface area contributed by atoms with Crippen LogP contribution in [0, 0.1) is 6.92 Å². The summed E-state index contributed by atoms with van der Waals surface area (Å²) in [6, 6.07) is 6.02. The summed E-state index contributed by atoms with van der Waals surface area (Å²) < 4.78 is 31.7. The number of aryl methyl sites for hydroxylation is 1. The molecule has 0 saturated carbocycles. The molecule has 1 aliphatic rings. The van der Waals surface area contributed by atoms with E-state index in [2.05, 4.69) is 15.6 Å². The number of nitrogens with one attached hydrogen (secondary N) is 2. The second kappa shape index (κ2) is 12.0. The highest BCUT2D eigenvalue weighted by Gasteiger charge is 2.23. The molecule has 27 heavy (non-hydrogen) atoms. The molecule has 2 N–H and O–H groups in total. The Kier molecular flexibility index (Phi) is 10.8. The summed E-state index contributed by atoms with van der Waals surface area (Å²) in [5, 5.41) is 6.26. The van der Waals surface area contributed by atoms with E-state index in [1.807, 2.05) is 25.1 Å². The Labute approximate surface area is 183 Å². The third-order valence-corrected chi connectivity index (χ3v) is 6.94. The van der Waals surface area contributed by atoms with Crippen LogP contribution >= 0.6 is 35.7 Å². The minimum atomic E-state index is -3.22. The van der Waals surface area contributed by atoms with E-state index in [-0.39, 0.29) is 29.7 Å². The average molecular weight is 528 g/mol. The van der Waals surface area contributed by atoms with Crippen LogP contribution in [0.5, 0.6) is 5.75 Å². The zero-order valence-corrected chi connectivity index (χ0v) is 20.0. The second-order valence-electron chi connectivity index (χ2n) is 6.00. The van der Waals surface area contributed by atoms with Crippen molar-refractivity contribution in [3.05, 3.63) is 29.3 Å². The van der Waals surface area contributed by atoms with Crippen LogP contribution in [0.4, 0.5) is 0 Å². The van der Waals surface area contributed by atoms with Crippen LogP contribution in [-0.4, -0.2) is 69.7 Å². The molecule has 154 valence electrons. The van der Waals surface area contributed by atoms with Crippen molar-refractivity contribution in [2.24, 2.45) is 4.99 Å². The Morgan fingerprint density at radius 1 is 1.30 bits per heavy atom. The van der Waals surface area contributed by atoms with Gasteiger partial charge in [-0.05, 0) is 18.6 Å². The van der Waals surface area contributed by atoms with Crippen molar-refractivity contribution >= 4 is 51.7 Å². The van der Waals surface area contributed by atoms with Crippen molar-refractivity contribution in [1.29, 1.82) is 0 Å². The number of hydrogen-bond acceptors (Lipinski definition) is 5. The summed E-state index contributed by atoms with van der Waals surface area (Å²) in [5.74, 6) is 3.19. The largest absolute Gasteiger partial charge is 0.496 e. The van der Waals surface area contributed by atoms with Crippen molar-refractivity contribution in [2.45, 2.75) is 13.5 Å². The topological polar surface area (TPSA) is 83.0 Å². The first-order valence-corrected chi connectivity index (χ1v) is 11.4. The number of methoxy groups -OCH3 is 1. The zero-order valence-electron chi connectivity index (χ0n) is 16.0. The molecule has 0 amide bonds.